The molecule has 0 saturated carbocycles. The highest BCUT2D eigenvalue weighted by molar-refractivity contribution is 7.11. The summed E-state index contributed by atoms with van der Waals surface area (Å²) in [4.78, 5) is 44.9. The second kappa shape index (κ2) is 10.9. The van der Waals surface area contributed by atoms with Gasteiger partial charge >= 0.3 is 11.8 Å². The topological polar surface area (TPSA) is 112 Å². The number of carbonyl (C=O) groups is 3. The normalized spacial score (nSPS) is 17.0. The smallest absolute Gasteiger partial charge is 0.313 e. The van der Waals surface area contributed by atoms with Crippen LogP contribution in [0.1, 0.15) is 47.8 Å². The fourth-order valence-corrected chi connectivity index (χ4v) is 5.15. The minimum atomic E-state index is -0.814. The van der Waals surface area contributed by atoms with Crippen LogP contribution in [0.5, 0.6) is 0 Å². The van der Waals surface area contributed by atoms with Crippen LogP contribution in [0.15, 0.2) is 24.3 Å². The molecular weight excluding hydrogens is 452 g/mol. The fraction of sp³-hybridized carbons (Fsp3) is 0.455. The van der Waals surface area contributed by atoms with Crippen LogP contribution in [0.4, 0.5) is 5.69 Å². The van der Waals surface area contributed by atoms with Crippen molar-refractivity contribution in [3.63, 3.8) is 0 Å². The van der Waals surface area contributed by atoms with Gasteiger partial charge in [-0.25, -0.2) is 4.98 Å². The number of piperidine rings is 1. The highest BCUT2D eigenvalue weighted by Gasteiger charge is 2.36. The summed E-state index contributed by atoms with van der Waals surface area (Å²) in [5.41, 5.74) is 1.22. The van der Waals surface area contributed by atoms with Crippen LogP contribution >= 0.6 is 22.9 Å². The number of halogens is 1. The van der Waals surface area contributed by atoms with E-state index in [0.29, 0.717) is 35.1 Å². The van der Waals surface area contributed by atoms with Crippen LogP contribution in [-0.2, 0) is 20.8 Å². The third kappa shape index (κ3) is 5.85. The van der Waals surface area contributed by atoms with Gasteiger partial charge in [0.25, 0.3) is 0 Å². The number of thiazole rings is 1. The highest BCUT2D eigenvalue weighted by Crippen LogP contribution is 2.33. The van der Waals surface area contributed by atoms with Crippen LogP contribution < -0.4 is 10.6 Å². The number of hydrogen-bond acceptors (Lipinski definition) is 6. The van der Waals surface area contributed by atoms with E-state index in [1.54, 1.807) is 29.2 Å². The monoisotopic (exact) mass is 478 g/mol. The zero-order chi connectivity index (χ0) is 23.3. The Kier molecular flexibility index (Phi) is 8.22. The number of amides is 3. The maximum Gasteiger partial charge on any atom is 0.313 e. The molecule has 3 N–H and O–H groups in total. The maximum atomic E-state index is 12.8. The van der Waals surface area contributed by atoms with Gasteiger partial charge in [0, 0.05) is 42.1 Å². The molecule has 2 atom stereocenters. The van der Waals surface area contributed by atoms with Gasteiger partial charge in [-0.1, -0.05) is 11.6 Å². The second-order valence-electron chi connectivity index (χ2n) is 7.72. The lowest BCUT2D eigenvalue weighted by Gasteiger charge is -2.39. The number of likely N-dealkylation sites (tertiary alicyclic amines) is 1. The molecule has 0 radical (unpaired) electrons. The summed E-state index contributed by atoms with van der Waals surface area (Å²) >= 11 is 7.25. The standard InChI is InChI=1S/C22H27ClN4O4S/c1-13-18(10-12-28)32-22(24-13)19(17-5-3-4-11-27(17)14(2)29)26-21(31)20(30)25-16-8-6-15(23)7-9-16/h6-9,17,19,28H,3-5,10-12H2,1-2H3,(H,25,30)(H,26,31). The molecule has 2 unspecified atom stereocenters. The van der Waals surface area contributed by atoms with E-state index in [9.17, 15) is 19.5 Å². The van der Waals surface area contributed by atoms with Crippen LogP contribution in [0.2, 0.25) is 5.02 Å². The van der Waals surface area contributed by atoms with Crippen LogP contribution in [0, 0.1) is 6.92 Å². The molecule has 10 heteroatoms. The van der Waals surface area contributed by atoms with E-state index >= 15 is 0 Å². The van der Waals surface area contributed by atoms with E-state index < -0.39 is 17.9 Å². The van der Waals surface area contributed by atoms with Gasteiger partial charge in [-0.2, -0.15) is 0 Å². The molecule has 32 heavy (non-hydrogen) atoms. The van der Waals surface area contributed by atoms with Gasteiger partial charge in [0.1, 0.15) is 11.0 Å². The number of benzene rings is 1. The SMILES string of the molecule is CC(=O)N1CCCCC1C(NC(=O)C(=O)Nc1ccc(Cl)cc1)c1nc(C)c(CCO)s1. The summed E-state index contributed by atoms with van der Waals surface area (Å²) in [5, 5.41) is 15.8. The molecule has 1 aromatic heterocycles. The van der Waals surface area contributed by atoms with Crippen molar-refractivity contribution >= 4 is 46.3 Å². The van der Waals surface area contributed by atoms with Gasteiger partial charge < -0.3 is 20.6 Å². The van der Waals surface area contributed by atoms with Crippen LogP contribution in [-0.4, -0.2) is 51.9 Å². The molecule has 0 spiro atoms. The average Bonchev–Trinajstić information content (AvgIpc) is 3.13. The van der Waals surface area contributed by atoms with Crippen molar-refractivity contribution in [1.82, 2.24) is 15.2 Å². The third-order valence-corrected chi connectivity index (χ3v) is 7.00. The molecule has 0 bridgehead atoms. The maximum absolute atomic E-state index is 12.8. The summed E-state index contributed by atoms with van der Waals surface area (Å²) in [5.74, 6) is -1.70. The summed E-state index contributed by atoms with van der Waals surface area (Å²) < 4.78 is 0. The van der Waals surface area contributed by atoms with Gasteiger partial charge in [-0.15, -0.1) is 11.3 Å². The number of anilines is 1. The van der Waals surface area contributed by atoms with Crippen molar-refractivity contribution in [2.75, 3.05) is 18.5 Å². The number of aliphatic hydroxyl groups is 1. The number of hydrogen-bond donors (Lipinski definition) is 3. The van der Waals surface area contributed by atoms with E-state index in [4.69, 9.17) is 11.6 Å². The first-order valence-corrected chi connectivity index (χ1v) is 11.7. The molecule has 1 saturated heterocycles. The number of aliphatic hydroxyl groups excluding tert-OH is 1. The molecular formula is C22H27ClN4O4S. The third-order valence-electron chi connectivity index (χ3n) is 5.45. The number of aryl methyl sites for hydroxylation is 1. The van der Waals surface area contributed by atoms with E-state index in [0.717, 1.165) is 23.4 Å². The average molecular weight is 479 g/mol. The Morgan fingerprint density at radius 3 is 2.62 bits per heavy atom. The lowest BCUT2D eigenvalue weighted by Crippen LogP contribution is -2.52. The molecule has 3 rings (SSSR count). The van der Waals surface area contributed by atoms with Gasteiger partial charge in [-0.3, -0.25) is 14.4 Å². The summed E-state index contributed by atoms with van der Waals surface area (Å²) in [7, 11) is 0. The van der Waals surface area contributed by atoms with Crippen molar-refractivity contribution in [3.05, 3.63) is 44.9 Å². The molecule has 1 aliphatic rings. The lowest BCUT2D eigenvalue weighted by atomic mass is 9.95. The predicted molar refractivity (Wildman–Crippen MR) is 124 cm³/mol. The summed E-state index contributed by atoms with van der Waals surface area (Å²) in [6, 6.07) is 5.52. The van der Waals surface area contributed by atoms with Crippen molar-refractivity contribution in [2.45, 2.75) is 51.6 Å². The number of nitrogens with one attached hydrogen (secondary N) is 2. The van der Waals surface area contributed by atoms with Crippen molar-refractivity contribution in [1.29, 1.82) is 0 Å². The Bertz CT molecular complexity index is 979. The molecule has 2 aromatic rings. The van der Waals surface area contributed by atoms with E-state index in [2.05, 4.69) is 15.6 Å². The first-order valence-electron chi connectivity index (χ1n) is 10.5. The van der Waals surface area contributed by atoms with Gasteiger partial charge in [0.2, 0.25) is 5.91 Å². The Hall–Kier alpha value is -2.49. The number of nitrogens with zero attached hydrogens (tertiary/aromatic N) is 2. The molecule has 1 fully saturated rings. The predicted octanol–water partition coefficient (Wildman–Crippen LogP) is 2.84. The summed E-state index contributed by atoms with van der Waals surface area (Å²) in [6.07, 6.45) is 2.95. The zero-order valence-electron chi connectivity index (χ0n) is 18.1. The highest BCUT2D eigenvalue weighted by atomic mass is 35.5. The minimum Gasteiger partial charge on any atom is -0.396 e. The molecule has 1 aliphatic heterocycles. The molecule has 3 amide bonds. The van der Waals surface area contributed by atoms with Crippen LogP contribution in [0.25, 0.3) is 0 Å². The quantitative estimate of drug-likeness (QED) is 0.553. The van der Waals surface area contributed by atoms with Gasteiger partial charge in [-0.05, 0) is 50.5 Å². The molecule has 8 nitrogen and oxygen atoms in total. The number of carbonyl (C=O) groups excluding carboxylic acids is 3. The Labute approximate surface area is 196 Å². The second-order valence-corrected chi connectivity index (χ2v) is 9.27. The lowest BCUT2D eigenvalue weighted by molar-refractivity contribution is -0.138. The summed E-state index contributed by atoms with van der Waals surface area (Å²) in [6.45, 7) is 3.94. The minimum absolute atomic E-state index is 0.00794. The van der Waals surface area contributed by atoms with E-state index in [-0.39, 0.29) is 18.6 Å². The molecule has 2 heterocycles. The van der Waals surface area contributed by atoms with Gasteiger partial charge in [0.15, 0.2) is 0 Å². The van der Waals surface area contributed by atoms with E-state index in [1.165, 1.54) is 18.3 Å². The molecule has 0 aliphatic carbocycles. The zero-order valence-corrected chi connectivity index (χ0v) is 19.6. The van der Waals surface area contributed by atoms with E-state index in [1.807, 2.05) is 6.92 Å². The number of aromatic nitrogens is 1. The van der Waals surface area contributed by atoms with Crippen molar-refractivity contribution in [2.24, 2.45) is 0 Å². The Balaban J connectivity index is 1.85. The van der Waals surface area contributed by atoms with Crippen molar-refractivity contribution < 1.29 is 19.5 Å². The number of rotatable bonds is 6. The molecule has 1 aromatic carbocycles. The first-order chi connectivity index (χ1) is 15.3. The first kappa shape index (κ1) is 24.2. The largest absolute Gasteiger partial charge is 0.396 e. The van der Waals surface area contributed by atoms with Crippen LogP contribution in [0.3, 0.4) is 0 Å². The Morgan fingerprint density at radius 1 is 1.25 bits per heavy atom. The molecule has 172 valence electrons. The van der Waals surface area contributed by atoms with Crippen molar-refractivity contribution in [3.8, 4) is 0 Å². The fourth-order valence-electron chi connectivity index (χ4n) is 3.86. The Morgan fingerprint density at radius 2 is 1.97 bits per heavy atom. The van der Waals surface area contributed by atoms with Gasteiger partial charge in [0.05, 0.1) is 11.7 Å².